The molecular formula is C19H37N. The Bertz CT molecular complexity index is 255. The minimum Gasteiger partial charge on any atom is -0.314 e. The van der Waals surface area contributed by atoms with Gasteiger partial charge in [-0.15, -0.1) is 6.58 Å². The lowest BCUT2D eigenvalue weighted by Gasteiger charge is -2.40. The minimum atomic E-state index is 0.500. The highest BCUT2D eigenvalue weighted by molar-refractivity contribution is 4.86. The average Bonchev–Trinajstić information content (AvgIpc) is 2.42. The van der Waals surface area contributed by atoms with Crippen molar-refractivity contribution in [3.63, 3.8) is 0 Å². The monoisotopic (exact) mass is 279 g/mol. The van der Waals surface area contributed by atoms with Crippen LogP contribution in [0.3, 0.4) is 0 Å². The molecule has 1 aliphatic rings. The Hall–Kier alpha value is -0.300. The van der Waals surface area contributed by atoms with E-state index in [2.05, 4.69) is 45.7 Å². The summed E-state index contributed by atoms with van der Waals surface area (Å²) in [6, 6.07) is 0.746. The van der Waals surface area contributed by atoms with Crippen molar-refractivity contribution in [3.8, 4) is 0 Å². The Balaban J connectivity index is 2.44. The van der Waals surface area contributed by atoms with Gasteiger partial charge in [0.1, 0.15) is 0 Å². The van der Waals surface area contributed by atoms with Crippen molar-refractivity contribution < 1.29 is 0 Å². The summed E-state index contributed by atoms with van der Waals surface area (Å²) < 4.78 is 0. The molecule has 0 aromatic heterocycles. The quantitative estimate of drug-likeness (QED) is 0.453. The zero-order chi connectivity index (χ0) is 15.0. The summed E-state index contributed by atoms with van der Waals surface area (Å²) in [4.78, 5) is 0. The van der Waals surface area contributed by atoms with E-state index in [0.29, 0.717) is 5.41 Å². The number of hydrogen-bond donors (Lipinski definition) is 1. The fourth-order valence-electron chi connectivity index (χ4n) is 3.70. The van der Waals surface area contributed by atoms with E-state index in [9.17, 15) is 0 Å². The van der Waals surface area contributed by atoms with Crippen molar-refractivity contribution in [1.29, 1.82) is 0 Å². The summed E-state index contributed by atoms with van der Waals surface area (Å²) in [5.41, 5.74) is 0.500. The molecule has 118 valence electrons. The van der Waals surface area contributed by atoms with Crippen LogP contribution in [0.1, 0.15) is 79.1 Å². The van der Waals surface area contributed by atoms with E-state index in [1.54, 1.807) is 0 Å². The Kier molecular flexibility index (Phi) is 7.87. The normalized spacial score (nSPS) is 25.4. The minimum absolute atomic E-state index is 0.500. The molecule has 1 nitrogen and oxygen atoms in total. The summed E-state index contributed by atoms with van der Waals surface area (Å²) in [6.07, 6.45) is 12.8. The van der Waals surface area contributed by atoms with Crippen LogP contribution in [0.4, 0.5) is 0 Å². The predicted molar refractivity (Wildman–Crippen MR) is 91.0 cm³/mol. The van der Waals surface area contributed by atoms with Crippen molar-refractivity contribution in [2.75, 3.05) is 6.54 Å². The summed E-state index contributed by atoms with van der Waals surface area (Å²) in [5.74, 6) is 1.84. The molecule has 20 heavy (non-hydrogen) atoms. The largest absolute Gasteiger partial charge is 0.314 e. The smallest absolute Gasteiger partial charge is 0.00954 e. The molecule has 0 saturated heterocycles. The lowest BCUT2D eigenvalue weighted by molar-refractivity contribution is 0.130. The molecule has 1 unspecified atom stereocenters. The molecule has 1 rings (SSSR count). The summed E-state index contributed by atoms with van der Waals surface area (Å²) in [5, 5.41) is 3.82. The first-order valence-electron chi connectivity index (χ1n) is 8.83. The maximum absolute atomic E-state index is 3.85. The van der Waals surface area contributed by atoms with Crippen LogP contribution in [0.2, 0.25) is 0 Å². The van der Waals surface area contributed by atoms with Crippen molar-refractivity contribution in [2.45, 2.75) is 85.1 Å². The van der Waals surface area contributed by atoms with Gasteiger partial charge in [-0.2, -0.15) is 0 Å². The summed E-state index contributed by atoms with van der Waals surface area (Å²) >= 11 is 0. The number of allylic oxidation sites excluding steroid dienone is 1. The highest BCUT2D eigenvalue weighted by Gasteiger charge is 2.32. The standard InChI is InChI=1S/C19H37N/c1-6-8-9-10-18(20-15-7-2)16-11-13-17(14-12-16)19(3,4)5/h6,16-18,20H,1,7-15H2,2-5H3. The molecule has 1 N–H and O–H groups in total. The van der Waals surface area contributed by atoms with E-state index in [1.807, 2.05) is 0 Å². The first kappa shape index (κ1) is 17.8. The average molecular weight is 280 g/mol. The van der Waals surface area contributed by atoms with Gasteiger partial charge in [-0.05, 0) is 75.2 Å². The Morgan fingerprint density at radius 1 is 1.20 bits per heavy atom. The van der Waals surface area contributed by atoms with Crippen molar-refractivity contribution in [3.05, 3.63) is 12.7 Å². The predicted octanol–water partition coefficient (Wildman–Crippen LogP) is 5.56. The number of rotatable bonds is 8. The number of hydrogen-bond acceptors (Lipinski definition) is 1. The van der Waals surface area contributed by atoms with Crippen molar-refractivity contribution in [2.24, 2.45) is 17.3 Å². The summed E-state index contributed by atoms with van der Waals surface area (Å²) in [6.45, 7) is 14.5. The third-order valence-corrected chi connectivity index (χ3v) is 5.15. The first-order chi connectivity index (χ1) is 9.49. The summed E-state index contributed by atoms with van der Waals surface area (Å²) in [7, 11) is 0. The first-order valence-corrected chi connectivity index (χ1v) is 8.83. The van der Waals surface area contributed by atoms with Crippen LogP contribution in [0.15, 0.2) is 12.7 Å². The molecule has 0 bridgehead atoms. The van der Waals surface area contributed by atoms with Crippen LogP contribution >= 0.6 is 0 Å². The molecule has 1 heteroatoms. The fraction of sp³-hybridized carbons (Fsp3) is 0.895. The maximum atomic E-state index is 3.85. The van der Waals surface area contributed by atoms with E-state index in [4.69, 9.17) is 0 Å². The molecule has 0 aliphatic heterocycles. The van der Waals surface area contributed by atoms with Gasteiger partial charge in [-0.1, -0.05) is 33.8 Å². The lowest BCUT2D eigenvalue weighted by Crippen LogP contribution is -2.39. The van der Waals surface area contributed by atoms with Gasteiger partial charge in [0.15, 0.2) is 0 Å². The molecule has 0 heterocycles. The van der Waals surface area contributed by atoms with E-state index in [-0.39, 0.29) is 0 Å². The van der Waals surface area contributed by atoms with Crippen LogP contribution in [0, 0.1) is 17.3 Å². The van der Waals surface area contributed by atoms with Gasteiger partial charge in [-0.25, -0.2) is 0 Å². The van der Waals surface area contributed by atoms with Gasteiger partial charge in [0.05, 0.1) is 0 Å². The van der Waals surface area contributed by atoms with Gasteiger partial charge in [0, 0.05) is 6.04 Å². The van der Waals surface area contributed by atoms with Gasteiger partial charge in [0.25, 0.3) is 0 Å². The van der Waals surface area contributed by atoms with E-state index in [0.717, 1.165) is 17.9 Å². The Labute approximate surface area is 127 Å². The molecule has 0 aromatic rings. The third kappa shape index (κ3) is 5.99. The molecule has 0 aromatic carbocycles. The van der Waals surface area contributed by atoms with Crippen molar-refractivity contribution >= 4 is 0 Å². The topological polar surface area (TPSA) is 12.0 Å². The molecule has 0 radical (unpaired) electrons. The molecule has 1 aliphatic carbocycles. The molecule has 1 atom stereocenters. The molecular weight excluding hydrogens is 242 g/mol. The fourth-order valence-corrected chi connectivity index (χ4v) is 3.70. The van der Waals surface area contributed by atoms with Gasteiger partial charge in [-0.3, -0.25) is 0 Å². The Morgan fingerprint density at radius 3 is 2.35 bits per heavy atom. The van der Waals surface area contributed by atoms with Gasteiger partial charge in [0.2, 0.25) is 0 Å². The highest BCUT2D eigenvalue weighted by Crippen LogP contribution is 2.41. The molecule has 0 amide bonds. The third-order valence-electron chi connectivity index (χ3n) is 5.15. The van der Waals surface area contributed by atoms with E-state index in [1.165, 1.54) is 57.9 Å². The van der Waals surface area contributed by atoms with E-state index >= 15 is 0 Å². The second kappa shape index (κ2) is 8.87. The molecule has 1 fully saturated rings. The molecule has 1 saturated carbocycles. The maximum Gasteiger partial charge on any atom is 0.00954 e. The zero-order valence-corrected chi connectivity index (χ0v) is 14.4. The second-order valence-electron chi connectivity index (χ2n) is 7.76. The van der Waals surface area contributed by atoms with Crippen molar-refractivity contribution in [1.82, 2.24) is 5.32 Å². The van der Waals surface area contributed by atoms with Crippen LogP contribution in [0.25, 0.3) is 0 Å². The second-order valence-corrected chi connectivity index (χ2v) is 7.76. The number of nitrogens with one attached hydrogen (secondary N) is 1. The van der Waals surface area contributed by atoms with Crippen LogP contribution in [0.5, 0.6) is 0 Å². The van der Waals surface area contributed by atoms with Gasteiger partial charge < -0.3 is 5.32 Å². The van der Waals surface area contributed by atoms with Crippen LogP contribution in [-0.4, -0.2) is 12.6 Å². The van der Waals surface area contributed by atoms with E-state index < -0.39 is 0 Å². The lowest BCUT2D eigenvalue weighted by atomic mass is 9.68. The Morgan fingerprint density at radius 2 is 1.85 bits per heavy atom. The SMILES string of the molecule is C=CCCCC(NCCC)C1CCC(C(C)(C)C)CC1. The van der Waals surface area contributed by atoms with Crippen LogP contribution < -0.4 is 5.32 Å². The zero-order valence-electron chi connectivity index (χ0n) is 14.4. The van der Waals surface area contributed by atoms with Gasteiger partial charge >= 0.3 is 0 Å². The van der Waals surface area contributed by atoms with Crippen LogP contribution in [-0.2, 0) is 0 Å². The molecule has 0 spiro atoms. The number of unbranched alkanes of at least 4 members (excludes halogenated alkanes) is 1. The highest BCUT2D eigenvalue weighted by atomic mass is 14.9.